The lowest BCUT2D eigenvalue weighted by molar-refractivity contribution is 0.106. The van der Waals surface area contributed by atoms with E-state index in [9.17, 15) is 0 Å². The molecule has 0 bridgehead atoms. The van der Waals surface area contributed by atoms with E-state index in [-0.39, 0.29) is 13.2 Å². The molecule has 0 rings (SSSR count). The molecule has 0 heterocycles. The van der Waals surface area contributed by atoms with Gasteiger partial charge in [0.25, 0.3) is 0 Å². The quantitative estimate of drug-likeness (QED) is 0.406. The molecule has 0 amide bonds. The Kier molecular flexibility index (Phi) is 11.9. The molecule has 0 radical (unpaired) electrons. The van der Waals surface area contributed by atoms with E-state index < -0.39 is 7.32 Å². The van der Waals surface area contributed by atoms with Crippen LogP contribution in [0.4, 0.5) is 0 Å². The summed E-state index contributed by atoms with van der Waals surface area (Å²) < 4.78 is 9.69. The van der Waals surface area contributed by atoms with Crippen molar-refractivity contribution in [2.45, 2.75) is 45.4 Å². The second kappa shape index (κ2) is 12.0. The molecular weight excluding hydrogens is 195 g/mol. The average Bonchev–Trinajstić information content (AvgIpc) is 2.25. The van der Waals surface area contributed by atoms with Crippen LogP contribution in [0.25, 0.3) is 0 Å². The van der Waals surface area contributed by atoms with E-state index in [0.29, 0.717) is 6.61 Å². The Morgan fingerprint density at radius 3 is 2.20 bits per heavy atom. The summed E-state index contributed by atoms with van der Waals surface area (Å²) in [6.07, 6.45) is 7.13. The van der Waals surface area contributed by atoms with E-state index in [0.717, 1.165) is 12.8 Å². The normalized spacial score (nSPS) is 10.6. The molecule has 4 nitrogen and oxygen atoms in total. The minimum Gasteiger partial charge on any atom is -0.402 e. The Hall–Kier alpha value is -0.0951. The first-order valence-electron chi connectivity index (χ1n) is 5.83. The Labute approximate surface area is 92.8 Å². The van der Waals surface area contributed by atoms with Crippen LogP contribution in [0.1, 0.15) is 45.4 Å². The van der Waals surface area contributed by atoms with E-state index in [1.807, 2.05) is 0 Å². The number of rotatable bonds is 11. The van der Waals surface area contributed by atoms with Gasteiger partial charge in [0.1, 0.15) is 0 Å². The maximum atomic E-state index is 9.07. The number of hydrogen-bond acceptors (Lipinski definition) is 4. The zero-order valence-corrected chi connectivity index (χ0v) is 9.65. The van der Waals surface area contributed by atoms with Gasteiger partial charge in [0.05, 0.1) is 13.2 Å². The molecule has 0 saturated carbocycles. The zero-order chi connectivity index (χ0) is 11.4. The molecule has 0 aromatic rings. The highest BCUT2D eigenvalue weighted by Crippen LogP contribution is 2.05. The van der Waals surface area contributed by atoms with Gasteiger partial charge in [-0.25, -0.2) is 0 Å². The van der Waals surface area contributed by atoms with E-state index >= 15 is 0 Å². The maximum absolute atomic E-state index is 9.07. The molecule has 5 heteroatoms. The van der Waals surface area contributed by atoms with Gasteiger partial charge in [-0.15, -0.1) is 0 Å². The van der Waals surface area contributed by atoms with Crippen LogP contribution in [0.5, 0.6) is 0 Å². The van der Waals surface area contributed by atoms with Gasteiger partial charge >= 0.3 is 7.32 Å². The molecule has 0 aliphatic carbocycles. The highest BCUT2D eigenvalue weighted by molar-refractivity contribution is 6.34. The van der Waals surface area contributed by atoms with Crippen molar-refractivity contribution >= 4 is 7.32 Å². The molecular formula is C10H23BO4. The first-order chi connectivity index (χ1) is 7.31. The third-order valence-corrected chi connectivity index (χ3v) is 2.11. The van der Waals surface area contributed by atoms with Crippen molar-refractivity contribution < 1.29 is 19.4 Å². The minimum atomic E-state index is -1.19. The van der Waals surface area contributed by atoms with Gasteiger partial charge in [0.2, 0.25) is 0 Å². The molecule has 0 aromatic heterocycles. The summed E-state index contributed by atoms with van der Waals surface area (Å²) in [5.41, 5.74) is 0. The summed E-state index contributed by atoms with van der Waals surface area (Å²) >= 11 is 0. The van der Waals surface area contributed by atoms with Crippen molar-refractivity contribution in [1.82, 2.24) is 0 Å². The molecule has 0 fully saturated rings. The van der Waals surface area contributed by atoms with Crippen LogP contribution >= 0.6 is 0 Å². The summed E-state index contributed by atoms with van der Waals surface area (Å²) in [5.74, 6) is 0. The number of hydrogen-bond donors (Lipinski definition) is 2. The first kappa shape index (κ1) is 14.9. The molecule has 0 atom stereocenters. The van der Waals surface area contributed by atoms with Gasteiger partial charge < -0.3 is 19.4 Å². The summed E-state index contributed by atoms with van der Waals surface area (Å²) in [4.78, 5) is 0. The van der Waals surface area contributed by atoms with Gasteiger partial charge in [-0.2, -0.15) is 0 Å². The van der Waals surface area contributed by atoms with Crippen molar-refractivity contribution in [1.29, 1.82) is 0 Å². The largest absolute Gasteiger partial charge is 0.636 e. The lowest BCUT2D eigenvalue weighted by atomic mass is 10.1. The fourth-order valence-electron chi connectivity index (χ4n) is 1.27. The maximum Gasteiger partial charge on any atom is 0.636 e. The van der Waals surface area contributed by atoms with Crippen LogP contribution < -0.4 is 0 Å². The van der Waals surface area contributed by atoms with Crippen LogP contribution in [-0.4, -0.2) is 37.3 Å². The third-order valence-electron chi connectivity index (χ3n) is 2.11. The molecule has 0 aromatic carbocycles. The molecule has 0 spiro atoms. The fourth-order valence-corrected chi connectivity index (χ4v) is 1.27. The predicted molar refractivity (Wildman–Crippen MR) is 60.3 cm³/mol. The van der Waals surface area contributed by atoms with Crippen LogP contribution in [0.3, 0.4) is 0 Å². The summed E-state index contributed by atoms with van der Waals surface area (Å²) in [7, 11) is -1.19. The van der Waals surface area contributed by atoms with Crippen molar-refractivity contribution in [3.8, 4) is 0 Å². The standard InChI is InChI=1S/C10H23BO4/c1-2-3-4-5-6-7-9-14-11(13)15-10-8-12/h12-13H,2-10H2,1H3. The second-order valence-electron chi connectivity index (χ2n) is 3.54. The third kappa shape index (κ3) is 11.8. The van der Waals surface area contributed by atoms with Gasteiger partial charge in [0, 0.05) is 6.61 Å². The number of aliphatic hydroxyl groups excluding tert-OH is 1. The van der Waals surface area contributed by atoms with Crippen LogP contribution in [0, 0.1) is 0 Å². The molecule has 2 N–H and O–H groups in total. The Morgan fingerprint density at radius 2 is 1.53 bits per heavy atom. The Balaban J connectivity index is 3.02. The smallest absolute Gasteiger partial charge is 0.402 e. The summed E-state index contributed by atoms with van der Waals surface area (Å²) in [6, 6.07) is 0. The van der Waals surface area contributed by atoms with E-state index in [2.05, 4.69) is 6.92 Å². The Bertz CT molecular complexity index is 124. The first-order valence-corrected chi connectivity index (χ1v) is 5.83. The summed E-state index contributed by atoms with van der Waals surface area (Å²) in [5, 5.41) is 17.5. The fraction of sp³-hybridized carbons (Fsp3) is 1.00. The molecule has 0 saturated heterocycles. The number of unbranched alkanes of at least 4 members (excludes halogenated alkanes) is 5. The van der Waals surface area contributed by atoms with Gasteiger partial charge in [-0.1, -0.05) is 39.0 Å². The van der Waals surface area contributed by atoms with Gasteiger partial charge in [0.15, 0.2) is 0 Å². The van der Waals surface area contributed by atoms with Crippen molar-refractivity contribution in [3.63, 3.8) is 0 Å². The van der Waals surface area contributed by atoms with E-state index in [4.69, 9.17) is 19.4 Å². The highest BCUT2D eigenvalue weighted by atomic mass is 16.7. The topological polar surface area (TPSA) is 58.9 Å². The molecule has 0 unspecified atom stereocenters. The molecule has 0 aliphatic rings. The zero-order valence-electron chi connectivity index (χ0n) is 9.65. The van der Waals surface area contributed by atoms with Crippen molar-refractivity contribution in [2.24, 2.45) is 0 Å². The van der Waals surface area contributed by atoms with Crippen molar-refractivity contribution in [2.75, 3.05) is 19.8 Å². The predicted octanol–water partition coefficient (Wildman–Crippen LogP) is 1.35. The highest BCUT2D eigenvalue weighted by Gasteiger charge is 2.13. The SMILES string of the molecule is CCCCCCCCOB(O)OCCO. The van der Waals surface area contributed by atoms with Gasteiger partial charge in [-0.3, -0.25) is 0 Å². The second-order valence-corrected chi connectivity index (χ2v) is 3.54. The van der Waals surface area contributed by atoms with Gasteiger partial charge in [-0.05, 0) is 6.42 Å². The van der Waals surface area contributed by atoms with Crippen molar-refractivity contribution in [3.05, 3.63) is 0 Å². The molecule has 0 aliphatic heterocycles. The Morgan fingerprint density at radius 1 is 0.933 bits per heavy atom. The van der Waals surface area contributed by atoms with Crippen LogP contribution in [0.15, 0.2) is 0 Å². The van der Waals surface area contributed by atoms with E-state index in [1.54, 1.807) is 0 Å². The monoisotopic (exact) mass is 218 g/mol. The lowest BCUT2D eigenvalue weighted by Crippen LogP contribution is -2.24. The van der Waals surface area contributed by atoms with Crippen LogP contribution in [-0.2, 0) is 9.31 Å². The summed E-state index contributed by atoms with van der Waals surface area (Å²) in [6.45, 7) is 2.71. The molecule has 90 valence electrons. The number of aliphatic hydroxyl groups is 1. The molecule has 15 heavy (non-hydrogen) atoms. The minimum absolute atomic E-state index is 0.0998. The van der Waals surface area contributed by atoms with Crippen LogP contribution in [0.2, 0.25) is 0 Å². The van der Waals surface area contributed by atoms with E-state index in [1.165, 1.54) is 25.7 Å². The average molecular weight is 218 g/mol. The lowest BCUT2D eigenvalue weighted by Gasteiger charge is -2.07.